The maximum Gasteiger partial charge on any atom is 0.0983 e. The van der Waals surface area contributed by atoms with Gasteiger partial charge in [-0.3, -0.25) is 4.99 Å². The van der Waals surface area contributed by atoms with Gasteiger partial charge in [-0.1, -0.05) is 68.4 Å². The molecule has 2 aromatic carbocycles. The van der Waals surface area contributed by atoms with Crippen LogP contribution < -0.4 is 0 Å². The molecule has 116 valence electrons. The van der Waals surface area contributed by atoms with E-state index < -0.39 is 0 Å². The smallest absolute Gasteiger partial charge is 0.0983 e. The van der Waals surface area contributed by atoms with Gasteiger partial charge in [-0.15, -0.1) is 0 Å². The van der Waals surface area contributed by atoms with Crippen molar-refractivity contribution in [2.75, 3.05) is 6.61 Å². The second-order valence-corrected chi connectivity index (χ2v) is 5.20. The fourth-order valence-electron chi connectivity index (χ4n) is 2.82. The Hall–Kier alpha value is -1.93. The molecule has 0 unspecified atom stereocenters. The number of nitrogens with zero attached hydrogens (tertiary/aromatic N) is 1. The predicted octanol–water partition coefficient (Wildman–Crippen LogP) is 4.57. The molecular formula is C20H25NO. The minimum atomic E-state index is -0.155. The van der Waals surface area contributed by atoms with Crippen molar-refractivity contribution in [2.45, 2.75) is 39.2 Å². The van der Waals surface area contributed by atoms with Crippen LogP contribution in [0.5, 0.6) is 0 Å². The third-order valence-electron chi connectivity index (χ3n) is 3.86. The number of aliphatic hydroxyl groups excluding tert-OH is 1. The van der Waals surface area contributed by atoms with Crippen molar-refractivity contribution in [3.8, 4) is 0 Å². The standard InChI is InChI=1S/C18H19NO.C2H6/c20-13-18(15-8-2-1-3-9-15)19-17-12-6-10-14-7-4-5-11-16(14)17;1-2/h1-5,7-9,11,18,20H,6,10,12-13H2;1-2H3/t18-;/m1./s1. The van der Waals surface area contributed by atoms with Crippen molar-refractivity contribution in [3.05, 3.63) is 71.3 Å². The highest BCUT2D eigenvalue weighted by atomic mass is 16.3. The molecule has 1 atom stereocenters. The van der Waals surface area contributed by atoms with E-state index >= 15 is 0 Å². The summed E-state index contributed by atoms with van der Waals surface area (Å²) in [5.74, 6) is 0. The average Bonchev–Trinajstić information content (AvgIpc) is 2.62. The summed E-state index contributed by atoms with van der Waals surface area (Å²) in [5, 5.41) is 9.65. The molecule has 0 saturated heterocycles. The van der Waals surface area contributed by atoms with E-state index in [1.165, 1.54) is 11.1 Å². The van der Waals surface area contributed by atoms with Gasteiger partial charge in [0.2, 0.25) is 0 Å². The van der Waals surface area contributed by atoms with Crippen LogP contribution in [0, 0.1) is 0 Å². The zero-order valence-corrected chi connectivity index (χ0v) is 13.5. The van der Waals surface area contributed by atoms with E-state index in [-0.39, 0.29) is 12.6 Å². The van der Waals surface area contributed by atoms with Gasteiger partial charge in [-0.05, 0) is 36.0 Å². The largest absolute Gasteiger partial charge is 0.394 e. The van der Waals surface area contributed by atoms with Gasteiger partial charge in [0.15, 0.2) is 0 Å². The van der Waals surface area contributed by atoms with E-state index in [1.54, 1.807) is 0 Å². The minimum Gasteiger partial charge on any atom is -0.394 e. The monoisotopic (exact) mass is 295 g/mol. The Kier molecular flexibility index (Phi) is 6.35. The summed E-state index contributed by atoms with van der Waals surface area (Å²) in [5.41, 5.74) is 4.84. The van der Waals surface area contributed by atoms with Crippen molar-refractivity contribution in [2.24, 2.45) is 4.99 Å². The topological polar surface area (TPSA) is 32.6 Å². The lowest BCUT2D eigenvalue weighted by Crippen LogP contribution is -2.14. The Morgan fingerprint density at radius 3 is 2.36 bits per heavy atom. The van der Waals surface area contributed by atoms with Crippen LogP contribution in [0.15, 0.2) is 59.6 Å². The summed E-state index contributed by atoms with van der Waals surface area (Å²) in [7, 11) is 0. The summed E-state index contributed by atoms with van der Waals surface area (Å²) >= 11 is 0. The number of aliphatic hydroxyl groups is 1. The Morgan fingerprint density at radius 1 is 0.955 bits per heavy atom. The van der Waals surface area contributed by atoms with Gasteiger partial charge in [-0.2, -0.15) is 0 Å². The van der Waals surface area contributed by atoms with E-state index in [9.17, 15) is 5.11 Å². The van der Waals surface area contributed by atoms with Gasteiger partial charge in [0.25, 0.3) is 0 Å². The number of rotatable bonds is 3. The van der Waals surface area contributed by atoms with Gasteiger partial charge in [0.1, 0.15) is 0 Å². The van der Waals surface area contributed by atoms with Crippen LogP contribution in [-0.4, -0.2) is 17.4 Å². The molecule has 1 aliphatic carbocycles. The quantitative estimate of drug-likeness (QED) is 0.883. The number of benzene rings is 2. The van der Waals surface area contributed by atoms with Crippen LogP contribution in [-0.2, 0) is 6.42 Å². The van der Waals surface area contributed by atoms with Gasteiger partial charge in [-0.25, -0.2) is 0 Å². The highest BCUT2D eigenvalue weighted by molar-refractivity contribution is 6.02. The second-order valence-electron chi connectivity index (χ2n) is 5.20. The highest BCUT2D eigenvalue weighted by Gasteiger charge is 2.17. The van der Waals surface area contributed by atoms with Gasteiger partial charge >= 0.3 is 0 Å². The first-order valence-electron chi connectivity index (χ1n) is 8.19. The van der Waals surface area contributed by atoms with E-state index in [0.717, 1.165) is 30.5 Å². The third kappa shape index (κ3) is 3.83. The van der Waals surface area contributed by atoms with E-state index in [1.807, 2.05) is 44.2 Å². The zero-order chi connectivity index (χ0) is 15.8. The summed E-state index contributed by atoms with van der Waals surface area (Å²) in [6, 6.07) is 18.4. The van der Waals surface area contributed by atoms with Crippen molar-refractivity contribution in [3.63, 3.8) is 0 Å². The zero-order valence-electron chi connectivity index (χ0n) is 13.5. The SMILES string of the molecule is CC.OC[C@@H](N=C1CCCc2ccccc21)c1ccccc1. The van der Waals surface area contributed by atoms with Crippen LogP contribution in [0.3, 0.4) is 0 Å². The molecule has 0 amide bonds. The molecule has 0 bridgehead atoms. The molecule has 0 aromatic heterocycles. The van der Waals surface area contributed by atoms with Crippen LogP contribution in [0.2, 0.25) is 0 Å². The van der Waals surface area contributed by atoms with Gasteiger partial charge in [0.05, 0.1) is 12.6 Å². The molecule has 1 N–H and O–H groups in total. The molecule has 0 spiro atoms. The van der Waals surface area contributed by atoms with Crippen LogP contribution in [0.1, 0.15) is 49.4 Å². The molecule has 0 heterocycles. The van der Waals surface area contributed by atoms with E-state index in [4.69, 9.17) is 4.99 Å². The summed E-state index contributed by atoms with van der Waals surface area (Å²) in [6.07, 6.45) is 3.27. The van der Waals surface area contributed by atoms with Crippen molar-refractivity contribution in [1.82, 2.24) is 0 Å². The molecule has 3 rings (SSSR count). The van der Waals surface area contributed by atoms with E-state index in [2.05, 4.69) is 24.3 Å². The lowest BCUT2D eigenvalue weighted by Gasteiger charge is -2.20. The Balaban J connectivity index is 0.000000847. The number of aryl methyl sites for hydroxylation is 1. The molecule has 2 aromatic rings. The number of hydrogen-bond acceptors (Lipinski definition) is 2. The molecule has 2 heteroatoms. The van der Waals surface area contributed by atoms with Crippen LogP contribution in [0.25, 0.3) is 0 Å². The van der Waals surface area contributed by atoms with Crippen LogP contribution >= 0.6 is 0 Å². The Morgan fingerprint density at radius 2 is 1.64 bits per heavy atom. The van der Waals surface area contributed by atoms with E-state index in [0.29, 0.717) is 0 Å². The lowest BCUT2D eigenvalue weighted by molar-refractivity contribution is 0.269. The van der Waals surface area contributed by atoms with Crippen molar-refractivity contribution in [1.29, 1.82) is 0 Å². The molecular weight excluding hydrogens is 270 g/mol. The minimum absolute atomic E-state index is 0.0513. The lowest BCUT2D eigenvalue weighted by atomic mass is 9.90. The van der Waals surface area contributed by atoms with Crippen molar-refractivity contribution < 1.29 is 5.11 Å². The fraction of sp³-hybridized carbons (Fsp3) is 0.350. The second kappa shape index (κ2) is 8.50. The molecule has 1 aliphatic rings. The first-order valence-corrected chi connectivity index (χ1v) is 8.19. The molecule has 22 heavy (non-hydrogen) atoms. The molecule has 2 nitrogen and oxygen atoms in total. The predicted molar refractivity (Wildman–Crippen MR) is 93.5 cm³/mol. The highest BCUT2D eigenvalue weighted by Crippen LogP contribution is 2.25. The summed E-state index contributed by atoms with van der Waals surface area (Å²) in [4.78, 5) is 4.83. The van der Waals surface area contributed by atoms with Gasteiger partial charge in [0, 0.05) is 5.71 Å². The average molecular weight is 295 g/mol. The molecule has 0 aliphatic heterocycles. The first-order chi connectivity index (χ1) is 10.9. The van der Waals surface area contributed by atoms with Gasteiger partial charge < -0.3 is 5.11 Å². The maximum absolute atomic E-state index is 9.65. The Labute approximate surface area is 133 Å². The fourth-order valence-corrected chi connectivity index (χ4v) is 2.82. The normalized spacial score (nSPS) is 16.4. The maximum atomic E-state index is 9.65. The summed E-state index contributed by atoms with van der Waals surface area (Å²) < 4.78 is 0. The number of fused-ring (bicyclic) bond motifs is 1. The molecule has 0 saturated carbocycles. The summed E-state index contributed by atoms with van der Waals surface area (Å²) in [6.45, 7) is 4.05. The molecule has 0 fully saturated rings. The first kappa shape index (κ1) is 16.4. The van der Waals surface area contributed by atoms with Crippen molar-refractivity contribution >= 4 is 5.71 Å². The Bertz CT molecular complexity index is 604. The van der Waals surface area contributed by atoms with Crippen LogP contribution in [0.4, 0.5) is 0 Å². The molecule has 0 radical (unpaired) electrons. The number of hydrogen-bond donors (Lipinski definition) is 1. The third-order valence-corrected chi connectivity index (χ3v) is 3.86. The number of aliphatic imine (C=N–C) groups is 1.